The first-order valence-corrected chi connectivity index (χ1v) is 8.99. The second-order valence-electron chi connectivity index (χ2n) is 5.50. The van der Waals surface area contributed by atoms with Gasteiger partial charge in [0.1, 0.15) is 5.65 Å². The number of nitrogens with zero attached hydrogens (tertiary/aromatic N) is 4. The molecule has 3 aromatic rings. The molecule has 8 heteroatoms. The lowest BCUT2D eigenvalue weighted by atomic mass is 10.3. The number of guanidine groups is 1. The highest BCUT2D eigenvalue weighted by molar-refractivity contribution is 14.0. The summed E-state index contributed by atoms with van der Waals surface area (Å²) in [5, 5.41) is 6.17. The van der Waals surface area contributed by atoms with Crippen LogP contribution in [0.4, 0.5) is 0 Å². The number of thiophene rings is 1. The number of halogens is 2. The topological polar surface area (TPSA) is 44.9 Å². The van der Waals surface area contributed by atoms with Crippen LogP contribution in [0.2, 0.25) is 5.02 Å². The Labute approximate surface area is 173 Å². The van der Waals surface area contributed by atoms with E-state index in [1.165, 1.54) is 4.88 Å². The summed E-state index contributed by atoms with van der Waals surface area (Å²) in [4.78, 5) is 12.4. The molecule has 0 aliphatic rings. The predicted octanol–water partition coefficient (Wildman–Crippen LogP) is 3.92. The van der Waals surface area contributed by atoms with E-state index >= 15 is 0 Å². The number of aromatic nitrogens is 2. The quantitative estimate of drug-likeness (QED) is 0.336. The van der Waals surface area contributed by atoms with Crippen molar-refractivity contribution in [2.45, 2.75) is 13.0 Å². The van der Waals surface area contributed by atoms with Crippen LogP contribution in [0.5, 0.6) is 0 Å². The van der Waals surface area contributed by atoms with E-state index in [-0.39, 0.29) is 24.0 Å². The van der Waals surface area contributed by atoms with Crippen molar-refractivity contribution in [1.82, 2.24) is 19.6 Å². The summed E-state index contributed by atoms with van der Waals surface area (Å²) in [5.41, 5.74) is 1.84. The molecule has 0 saturated heterocycles. The maximum atomic E-state index is 6.01. The molecule has 0 atom stereocenters. The molecule has 3 heterocycles. The van der Waals surface area contributed by atoms with Crippen LogP contribution >= 0.6 is 46.9 Å². The highest BCUT2D eigenvalue weighted by Crippen LogP contribution is 2.12. The summed E-state index contributed by atoms with van der Waals surface area (Å²) < 4.78 is 1.93. The Bertz CT molecular complexity index is 831. The van der Waals surface area contributed by atoms with Crippen molar-refractivity contribution in [2.24, 2.45) is 4.99 Å². The van der Waals surface area contributed by atoms with Crippen molar-refractivity contribution >= 4 is 58.5 Å². The number of nitrogens with one attached hydrogen (secondary N) is 1. The number of hydrogen-bond donors (Lipinski definition) is 1. The smallest absolute Gasteiger partial charge is 0.193 e. The highest BCUT2D eigenvalue weighted by Gasteiger charge is 2.08. The lowest BCUT2D eigenvalue weighted by Gasteiger charge is -2.21. The van der Waals surface area contributed by atoms with Gasteiger partial charge in [0.2, 0.25) is 0 Å². The van der Waals surface area contributed by atoms with E-state index in [9.17, 15) is 0 Å². The van der Waals surface area contributed by atoms with Gasteiger partial charge in [0.25, 0.3) is 0 Å². The van der Waals surface area contributed by atoms with Gasteiger partial charge in [0, 0.05) is 37.9 Å². The number of imidazole rings is 1. The van der Waals surface area contributed by atoms with Crippen LogP contribution in [0, 0.1) is 0 Å². The van der Waals surface area contributed by atoms with Gasteiger partial charge in [-0.3, -0.25) is 4.99 Å². The molecule has 3 aromatic heterocycles. The molecular weight excluding hydrogens is 469 g/mol. The molecule has 25 heavy (non-hydrogen) atoms. The molecule has 0 aliphatic heterocycles. The third kappa shape index (κ3) is 5.32. The molecule has 1 N–H and O–H groups in total. The first-order chi connectivity index (χ1) is 11.7. The molecule has 0 aliphatic carbocycles. The molecule has 0 aromatic carbocycles. The van der Waals surface area contributed by atoms with Crippen molar-refractivity contribution in [3.63, 3.8) is 0 Å². The number of rotatable bonds is 5. The molecule has 134 valence electrons. The zero-order chi connectivity index (χ0) is 16.9. The van der Waals surface area contributed by atoms with Crippen LogP contribution in [0.25, 0.3) is 5.65 Å². The summed E-state index contributed by atoms with van der Waals surface area (Å²) in [6.07, 6.45) is 4.85. The zero-order valence-electron chi connectivity index (χ0n) is 14.1. The third-order valence-electron chi connectivity index (χ3n) is 3.74. The summed E-state index contributed by atoms with van der Waals surface area (Å²) in [6, 6.07) is 8.01. The van der Waals surface area contributed by atoms with E-state index in [0.29, 0.717) is 11.6 Å². The largest absolute Gasteiger partial charge is 0.351 e. The Morgan fingerprint density at radius 1 is 1.36 bits per heavy atom. The lowest BCUT2D eigenvalue weighted by molar-refractivity contribution is 0.486. The number of likely N-dealkylation sites (N-methyl/N-ethyl adjacent to an activating group) is 1. The zero-order valence-corrected chi connectivity index (χ0v) is 18.0. The Morgan fingerprint density at radius 3 is 2.92 bits per heavy atom. The first-order valence-electron chi connectivity index (χ1n) is 7.73. The standard InChI is InChI=1S/C17H20ClN5S.HI/c1-19-17(22(2)8-7-15-4-3-9-24-15)20-10-14-12-23-11-13(18)5-6-16(23)21-14;/h3-6,9,11-12H,7-8,10H2,1-2H3,(H,19,20);1H. The third-order valence-corrected chi connectivity index (χ3v) is 4.90. The number of aliphatic imine (C=N–C) groups is 1. The first kappa shape index (κ1) is 20.0. The maximum Gasteiger partial charge on any atom is 0.193 e. The Morgan fingerprint density at radius 2 is 2.20 bits per heavy atom. The van der Waals surface area contributed by atoms with Gasteiger partial charge in [-0.1, -0.05) is 17.7 Å². The highest BCUT2D eigenvalue weighted by atomic mass is 127. The van der Waals surface area contributed by atoms with Crippen molar-refractivity contribution < 1.29 is 0 Å². The predicted molar refractivity (Wildman–Crippen MR) is 116 cm³/mol. The SMILES string of the molecule is CN=C(NCc1cn2cc(Cl)ccc2n1)N(C)CCc1cccs1.I. The average molecular weight is 490 g/mol. The average Bonchev–Trinajstić information content (AvgIpc) is 3.22. The van der Waals surface area contributed by atoms with Gasteiger partial charge in [0.05, 0.1) is 17.3 Å². The second kappa shape index (κ2) is 9.40. The lowest BCUT2D eigenvalue weighted by Crippen LogP contribution is -2.39. The molecular formula is C17H21ClIN5S. The molecule has 3 rings (SSSR count). The van der Waals surface area contributed by atoms with Gasteiger partial charge in [-0.2, -0.15) is 0 Å². The van der Waals surface area contributed by atoms with Gasteiger partial charge in [-0.05, 0) is 30.0 Å². The van der Waals surface area contributed by atoms with Gasteiger partial charge in [-0.15, -0.1) is 35.3 Å². The van der Waals surface area contributed by atoms with Gasteiger partial charge in [-0.25, -0.2) is 4.98 Å². The minimum absolute atomic E-state index is 0. The van der Waals surface area contributed by atoms with Crippen LogP contribution in [-0.2, 0) is 13.0 Å². The Hall–Kier alpha value is -1.32. The molecule has 0 saturated carbocycles. The van der Waals surface area contributed by atoms with Crippen LogP contribution < -0.4 is 5.32 Å². The summed E-state index contributed by atoms with van der Waals surface area (Å²) >= 11 is 7.79. The minimum Gasteiger partial charge on any atom is -0.351 e. The van der Waals surface area contributed by atoms with E-state index in [4.69, 9.17) is 11.6 Å². The van der Waals surface area contributed by atoms with Crippen LogP contribution in [0.3, 0.4) is 0 Å². The molecule has 0 radical (unpaired) electrons. The van der Waals surface area contributed by atoms with Crippen LogP contribution in [0.1, 0.15) is 10.6 Å². The van der Waals surface area contributed by atoms with E-state index in [1.807, 2.05) is 36.0 Å². The Balaban J connectivity index is 0.00000225. The molecule has 0 fully saturated rings. The van der Waals surface area contributed by atoms with E-state index in [0.717, 1.165) is 30.3 Å². The fourth-order valence-corrected chi connectivity index (χ4v) is 3.36. The second-order valence-corrected chi connectivity index (χ2v) is 6.97. The fourth-order valence-electron chi connectivity index (χ4n) is 2.50. The molecule has 0 amide bonds. The molecule has 0 unspecified atom stereocenters. The van der Waals surface area contributed by atoms with Crippen LogP contribution in [0.15, 0.2) is 47.0 Å². The monoisotopic (exact) mass is 489 g/mol. The molecule has 0 spiro atoms. The Kier molecular flexibility index (Phi) is 7.52. The fraction of sp³-hybridized carbons (Fsp3) is 0.294. The van der Waals surface area contributed by atoms with E-state index in [2.05, 4.69) is 37.7 Å². The molecule has 0 bridgehead atoms. The number of fused-ring (bicyclic) bond motifs is 1. The number of pyridine rings is 1. The summed E-state index contributed by atoms with van der Waals surface area (Å²) in [6.45, 7) is 1.54. The molecule has 5 nitrogen and oxygen atoms in total. The number of hydrogen-bond acceptors (Lipinski definition) is 3. The van der Waals surface area contributed by atoms with E-state index in [1.54, 1.807) is 18.4 Å². The normalized spacial score (nSPS) is 11.4. The van der Waals surface area contributed by atoms with Crippen molar-refractivity contribution in [2.75, 3.05) is 20.6 Å². The summed E-state index contributed by atoms with van der Waals surface area (Å²) in [5.74, 6) is 0.863. The van der Waals surface area contributed by atoms with Crippen molar-refractivity contribution in [3.05, 3.63) is 57.6 Å². The van der Waals surface area contributed by atoms with Crippen molar-refractivity contribution in [1.29, 1.82) is 0 Å². The minimum atomic E-state index is 0. The van der Waals surface area contributed by atoms with Gasteiger partial charge in [0.15, 0.2) is 5.96 Å². The maximum absolute atomic E-state index is 6.01. The van der Waals surface area contributed by atoms with Crippen molar-refractivity contribution in [3.8, 4) is 0 Å². The van der Waals surface area contributed by atoms with Gasteiger partial charge < -0.3 is 14.6 Å². The van der Waals surface area contributed by atoms with Gasteiger partial charge >= 0.3 is 0 Å². The van der Waals surface area contributed by atoms with Crippen LogP contribution in [-0.4, -0.2) is 40.9 Å². The van der Waals surface area contributed by atoms with E-state index < -0.39 is 0 Å². The summed E-state index contributed by atoms with van der Waals surface area (Å²) in [7, 11) is 3.85.